The Balaban J connectivity index is 1.32. The van der Waals surface area contributed by atoms with E-state index >= 15 is 0 Å². The second kappa shape index (κ2) is 10.2. The van der Waals surface area contributed by atoms with Crippen molar-refractivity contribution in [3.63, 3.8) is 0 Å². The topological polar surface area (TPSA) is 115 Å². The summed E-state index contributed by atoms with van der Waals surface area (Å²) in [4.78, 5) is 28.1. The fourth-order valence-corrected chi connectivity index (χ4v) is 6.38. The first-order chi connectivity index (χ1) is 16.6. The number of hydrogen-bond acceptors (Lipinski definition) is 8. The van der Waals surface area contributed by atoms with Gasteiger partial charge in [-0.3, -0.25) is 14.2 Å². The van der Waals surface area contributed by atoms with Crippen molar-refractivity contribution in [2.24, 2.45) is 5.73 Å². The minimum atomic E-state index is -0.486. The van der Waals surface area contributed by atoms with Gasteiger partial charge in [0.25, 0.3) is 5.91 Å². The molecule has 2 amide bonds. The van der Waals surface area contributed by atoms with Gasteiger partial charge in [0, 0.05) is 18.0 Å². The number of nitrogens with zero attached hydrogens (tertiary/aromatic N) is 4. The molecule has 9 nitrogen and oxygen atoms in total. The third kappa shape index (κ3) is 4.82. The van der Waals surface area contributed by atoms with Gasteiger partial charge in [-0.05, 0) is 30.4 Å². The van der Waals surface area contributed by atoms with Crippen molar-refractivity contribution in [2.45, 2.75) is 31.0 Å². The molecule has 0 atom stereocenters. The van der Waals surface area contributed by atoms with Crippen LogP contribution in [0.15, 0.2) is 35.5 Å². The van der Waals surface area contributed by atoms with Crippen molar-refractivity contribution in [3.8, 4) is 0 Å². The monoisotopic (exact) mass is 498 g/mol. The molecule has 0 saturated carbocycles. The summed E-state index contributed by atoms with van der Waals surface area (Å²) in [7, 11) is 0. The lowest BCUT2D eigenvalue weighted by Crippen LogP contribution is -2.38. The molecule has 5 rings (SSSR count). The van der Waals surface area contributed by atoms with Crippen LogP contribution in [0.5, 0.6) is 0 Å². The van der Waals surface area contributed by atoms with Gasteiger partial charge in [-0.25, -0.2) is 0 Å². The molecule has 178 valence electrons. The summed E-state index contributed by atoms with van der Waals surface area (Å²) in [5.41, 5.74) is 8.21. The number of morpholine rings is 1. The zero-order valence-corrected chi connectivity index (χ0v) is 20.3. The number of thiophene rings is 1. The Morgan fingerprint density at radius 3 is 2.71 bits per heavy atom. The maximum atomic E-state index is 12.8. The highest BCUT2D eigenvalue weighted by molar-refractivity contribution is 7.99. The molecule has 3 heterocycles. The van der Waals surface area contributed by atoms with E-state index in [4.69, 9.17) is 10.5 Å². The number of primary amides is 1. The molecular formula is C23H26N6O3S2. The normalized spacial score (nSPS) is 15.4. The molecule has 2 aromatic heterocycles. The van der Waals surface area contributed by atoms with Crippen LogP contribution in [-0.2, 0) is 28.9 Å². The summed E-state index contributed by atoms with van der Waals surface area (Å²) >= 11 is 2.79. The van der Waals surface area contributed by atoms with E-state index in [-0.39, 0.29) is 11.7 Å². The SMILES string of the molecule is NC(=O)c1c(NC(=O)CSc2nnc(N3CCOCC3)n2Cc2ccccc2)sc2c1CCC2. The van der Waals surface area contributed by atoms with Crippen LogP contribution in [0.3, 0.4) is 0 Å². The number of aromatic nitrogens is 3. The predicted octanol–water partition coefficient (Wildman–Crippen LogP) is 2.54. The van der Waals surface area contributed by atoms with Gasteiger partial charge >= 0.3 is 0 Å². The molecular weight excluding hydrogens is 472 g/mol. The molecule has 1 aromatic carbocycles. The van der Waals surface area contributed by atoms with Crippen molar-refractivity contribution >= 4 is 45.9 Å². The number of hydrogen-bond donors (Lipinski definition) is 2. The third-order valence-corrected chi connectivity index (χ3v) is 8.10. The lowest BCUT2D eigenvalue weighted by molar-refractivity contribution is -0.113. The quantitative estimate of drug-likeness (QED) is 0.459. The predicted molar refractivity (Wildman–Crippen MR) is 133 cm³/mol. The van der Waals surface area contributed by atoms with Gasteiger partial charge in [-0.2, -0.15) is 0 Å². The van der Waals surface area contributed by atoms with E-state index in [1.807, 2.05) is 22.8 Å². The van der Waals surface area contributed by atoms with Crippen LogP contribution in [0.2, 0.25) is 0 Å². The second-order valence-corrected chi connectivity index (χ2v) is 10.3. The summed E-state index contributed by atoms with van der Waals surface area (Å²) in [6.07, 6.45) is 2.79. The van der Waals surface area contributed by atoms with E-state index in [0.29, 0.717) is 35.5 Å². The Morgan fingerprint density at radius 2 is 1.94 bits per heavy atom. The molecule has 0 spiro atoms. The Kier molecular flexibility index (Phi) is 6.84. The number of aryl methyl sites for hydroxylation is 1. The summed E-state index contributed by atoms with van der Waals surface area (Å²) < 4.78 is 7.53. The van der Waals surface area contributed by atoms with Gasteiger partial charge in [-0.1, -0.05) is 42.1 Å². The van der Waals surface area contributed by atoms with Crippen LogP contribution in [0.1, 0.15) is 32.8 Å². The van der Waals surface area contributed by atoms with Gasteiger partial charge in [-0.15, -0.1) is 21.5 Å². The molecule has 1 aliphatic carbocycles. The number of rotatable bonds is 8. The summed E-state index contributed by atoms with van der Waals surface area (Å²) in [5.74, 6) is 0.243. The van der Waals surface area contributed by atoms with Gasteiger partial charge in [0.2, 0.25) is 11.9 Å². The molecule has 11 heteroatoms. The lowest BCUT2D eigenvalue weighted by Gasteiger charge is -2.28. The Bertz CT molecular complexity index is 1190. The first-order valence-electron chi connectivity index (χ1n) is 11.3. The van der Waals surface area contributed by atoms with Crippen molar-refractivity contribution < 1.29 is 14.3 Å². The number of benzene rings is 1. The minimum absolute atomic E-state index is 0.150. The Labute approximate surface area is 205 Å². The highest BCUT2D eigenvalue weighted by Gasteiger charge is 2.26. The van der Waals surface area contributed by atoms with E-state index in [9.17, 15) is 9.59 Å². The number of carbonyl (C=O) groups is 2. The first-order valence-corrected chi connectivity index (χ1v) is 13.1. The second-order valence-electron chi connectivity index (χ2n) is 8.22. The smallest absolute Gasteiger partial charge is 0.251 e. The van der Waals surface area contributed by atoms with E-state index < -0.39 is 5.91 Å². The first kappa shape index (κ1) is 22.9. The van der Waals surface area contributed by atoms with E-state index in [1.165, 1.54) is 23.1 Å². The van der Waals surface area contributed by atoms with Crippen LogP contribution >= 0.6 is 23.1 Å². The molecule has 0 bridgehead atoms. The molecule has 1 aliphatic heterocycles. The number of ether oxygens (including phenoxy) is 1. The average Bonchev–Trinajstić information content (AvgIpc) is 3.53. The molecule has 1 saturated heterocycles. The number of amides is 2. The summed E-state index contributed by atoms with van der Waals surface area (Å²) in [5, 5.41) is 13.0. The minimum Gasteiger partial charge on any atom is -0.378 e. The summed E-state index contributed by atoms with van der Waals surface area (Å²) in [6, 6.07) is 10.1. The fourth-order valence-electron chi connectivity index (χ4n) is 4.34. The average molecular weight is 499 g/mol. The van der Waals surface area contributed by atoms with Crippen molar-refractivity contribution in [1.29, 1.82) is 0 Å². The van der Waals surface area contributed by atoms with Crippen LogP contribution in [0.4, 0.5) is 10.9 Å². The van der Waals surface area contributed by atoms with E-state index in [1.54, 1.807) is 0 Å². The lowest BCUT2D eigenvalue weighted by atomic mass is 10.1. The molecule has 34 heavy (non-hydrogen) atoms. The van der Waals surface area contributed by atoms with Crippen LogP contribution in [0.25, 0.3) is 0 Å². The van der Waals surface area contributed by atoms with Crippen molar-refractivity contribution in [2.75, 3.05) is 42.3 Å². The number of fused-ring (bicyclic) bond motifs is 1. The zero-order valence-electron chi connectivity index (χ0n) is 18.7. The molecule has 0 unspecified atom stereocenters. The molecule has 1 fully saturated rings. The Morgan fingerprint density at radius 1 is 1.15 bits per heavy atom. The van der Waals surface area contributed by atoms with E-state index in [2.05, 4.69) is 32.5 Å². The van der Waals surface area contributed by atoms with Crippen molar-refractivity contribution in [1.82, 2.24) is 14.8 Å². The maximum Gasteiger partial charge on any atom is 0.251 e. The Hall–Kier alpha value is -2.89. The number of carbonyl (C=O) groups excluding carboxylic acids is 2. The fraction of sp³-hybridized carbons (Fsp3) is 0.391. The number of nitrogens with two attached hydrogens (primary N) is 1. The molecule has 2 aliphatic rings. The molecule has 3 N–H and O–H groups in total. The van der Waals surface area contributed by atoms with Gasteiger partial charge in [0.1, 0.15) is 5.00 Å². The zero-order chi connectivity index (χ0) is 23.5. The number of anilines is 2. The van der Waals surface area contributed by atoms with Crippen LogP contribution in [-0.4, -0.2) is 58.6 Å². The number of thioether (sulfide) groups is 1. The van der Waals surface area contributed by atoms with E-state index in [0.717, 1.165) is 54.3 Å². The summed E-state index contributed by atoms with van der Waals surface area (Å²) in [6.45, 7) is 3.40. The highest BCUT2D eigenvalue weighted by atomic mass is 32.2. The van der Waals surface area contributed by atoms with Crippen LogP contribution in [0, 0.1) is 0 Å². The molecule has 3 aromatic rings. The third-order valence-electron chi connectivity index (χ3n) is 5.93. The van der Waals surface area contributed by atoms with Crippen LogP contribution < -0.4 is 16.0 Å². The van der Waals surface area contributed by atoms with Gasteiger partial charge in [0.05, 0.1) is 31.1 Å². The largest absolute Gasteiger partial charge is 0.378 e. The van der Waals surface area contributed by atoms with Gasteiger partial charge < -0.3 is 20.7 Å². The van der Waals surface area contributed by atoms with Crippen molar-refractivity contribution in [3.05, 3.63) is 51.9 Å². The maximum absolute atomic E-state index is 12.8. The number of nitrogens with one attached hydrogen (secondary N) is 1. The van der Waals surface area contributed by atoms with Gasteiger partial charge in [0.15, 0.2) is 5.16 Å². The molecule has 0 radical (unpaired) electrons. The highest BCUT2D eigenvalue weighted by Crippen LogP contribution is 2.39. The standard InChI is InChI=1S/C23H26N6O3S2/c24-20(31)19-16-7-4-8-17(16)34-21(19)25-18(30)14-33-23-27-26-22(28-9-11-32-12-10-28)29(23)13-15-5-2-1-3-6-15/h1-3,5-6H,4,7-14H2,(H2,24,31)(H,25,30).